The van der Waals surface area contributed by atoms with Crippen molar-refractivity contribution in [3.05, 3.63) is 24.6 Å². The molecule has 1 atom stereocenters. The molecule has 2 nitrogen and oxygen atoms in total. The second kappa shape index (κ2) is 5.08. The highest BCUT2D eigenvalue weighted by molar-refractivity contribution is 5.01. The number of hydrogen-bond donors (Lipinski definition) is 2. The molecular weight excluding hydrogens is 172 g/mol. The summed E-state index contributed by atoms with van der Waals surface area (Å²) < 4.78 is 0. The number of rotatable bonds is 5. The van der Waals surface area contributed by atoms with Gasteiger partial charge in [-0.1, -0.05) is 32.9 Å². The van der Waals surface area contributed by atoms with Crippen LogP contribution in [0.3, 0.4) is 0 Å². The van der Waals surface area contributed by atoms with Crippen molar-refractivity contribution in [3.8, 4) is 0 Å². The molecule has 0 aliphatic heterocycles. The molecule has 14 heavy (non-hydrogen) atoms. The molecule has 0 saturated carbocycles. The quantitative estimate of drug-likeness (QED) is 0.661. The van der Waals surface area contributed by atoms with Gasteiger partial charge >= 0.3 is 0 Å². The fourth-order valence-electron chi connectivity index (χ4n) is 1.20. The Morgan fingerprint density at radius 2 is 1.79 bits per heavy atom. The predicted octanol–water partition coefficient (Wildman–Crippen LogP) is 2.65. The van der Waals surface area contributed by atoms with E-state index in [4.69, 9.17) is 0 Å². The van der Waals surface area contributed by atoms with E-state index in [1.165, 1.54) is 5.57 Å². The van der Waals surface area contributed by atoms with Crippen molar-refractivity contribution in [2.75, 3.05) is 7.05 Å². The Hall–Kier alpha value is -0.920. The summed E-state index contributed by atoms with van der Waals surface area (Å²) in [4.78, 5) is 0. The topological polar surface area (TPSA) is 24.1 Å². The van der Waals surface area contributed by atoms with E-state index in [-0.39, 0.29) is 5.41 Å². The average Bonchev–Trinajstić information content (AvgIpc) is 2.00. The van der Waals surface area contributed by atoms with Gasteiger partial charge in [-0.3, -0.25) is 0 Å². The Bertz CT molecular complexity index is 211. The molecule has 0 fully saturated rings. The molecule has 0 bridgehead atoms. The highest BCUT2D eigenvalue weighted by Gasteiger charge is 2.24. The zero-order chi connectivity index (χ0) is 11.4. The zero-order valence-corrected chi connectivity index (χ0v) is 10.2. The maximum Gasteiger partial charge on any atom is 0.0912 e. The van der Waals surface area contributed by atoms with Crippen molar-refractivity contribution in [2.45, 2.75) is 40.2 Å². The zero-order valence-electron chi connectivity index (χ0n) is 10.2. The largest absolute Gasteiger partial charge is 0.375 e. The number of hydrogen-bond acceptors (Lipinski definition) is 2. The molecule has 0 heterocycles. The van der Waals surface area contributed by atoms with Crippen LogP contribution in [-0.2, 0) is 0 Å². The van der Waals surface area contributed by atoms with Crippen LogP contribution in [0.2, 0.25) is 0 Å². The highest BCUT2D eigenvalue weighted by Crippen LogP contribution is 2.24. The first-order valence-corrected chi connectivity index (χ1v) is 5.05. The Kier molecular flexibility index (Phi) is 4.75. The lowest BCUT2D eigenvalue weighted by molar-refractivity contribution is 0.278. The van der Waals surface area contributed by atoms with E-state index in [0.29, 0.717) is 6.04 Å². The van der Waals surface area contributed by atoms with E-state index in [1.54, 1.807) is 0 Å². The Morgan fingerprint density at radius 3 is 2.07 bits per heavy atom. The smallest absolute Gasteiger partial charge is 0.0912 e. The van der Waals surface area contributed by atoms with Crippen LogP contribution in [0.1, 0.15) is 34.1 Å². The van der Waals surface area contributed by atoms with E-state index in [2.05, 4.69) is 51.5 Å². The standard InChI is InChI=1S/C12H24N2/c1-9(2)8-11(12(4,5)6)14-10(3)13-7/h11,13-14H,1,3,8H2,2,4-7H3. The van der Waals surface area contributed by atoms with Gasteiger partial charge in [0, 0.05) is 13.1 Å². The lowest BCUT2D eigenvalue weighted by atomic mass is 9.83. The molecule has 0 saturated heterocycles. The highest BCUT2D eigenvalue weighted by atomic mass is 15.1. The maximum atomic E-state index is 3.95. The van der Waals surface area contributed by atoms with Gasteiger partial charge < -0.3 is 10.6 Å². The van der Waals surface area contributed by atoms with E-state index in [0.717, 1.165) is 12.2 Å². The molecule has 0 aliphatic rings. The van der Waals surface area contributed by atoms with Crippen molar-refractivity contribution in [1.82, 2.24) is 10.6 Å². The normalized spacial score (nSPS) is 13.2. The van der Waals surface area contributed by atoms with Crippen LogP contribution >= 0.6 is 0 Å². The van der Waals surface area contributed by atoms with E-state index < -0.39 is 0 Å². The lowest BCUT2D eigenvalue weighted by Crippen LogP contribution is -2.42. The Labute approximate surface area is 88.5 Å². The fraction of sp³-hybridized carbons (Fsp3) is 0.667. The molecule has 2 heteroatoms. The van der Waals surface area contributed by atoms with Crippen LogP contribution in [0.25, 0.3) is 0 Å². The minimum absolute atomic E-state index is 0.207. The molecular formula is C12H24N2. The van der Waals surface area contributed by atoms with E-state index in [9.17, 15) is 0 Å². The van der Waals surface area contributed by atoms with Gasteiger partial charge in [-0.2, -0.15) is 0 Å². The van der Waals surface area contributed by atoms with E-state index in [1.807, 2.05) is 7.05 Å². The van der Waals surface area contributed by atoms with Crippen molar-refractivity contribution >= 4 is 0 Å². The van der Waals surface area contributed by atoms with Gasteiger partial charge in [-0.15, -0.1) is 6.58 Å². The van der Waals surface area contributed by atoms with Crippen LogP contribution in [0, 0.1) is 5.41 Å². The van der Waals surface area contributed by atoms with Crippen LogP contribution in [0.15, 0.2) is 24.6 Å². The molecule has 0 amide bonds. The SMILES string of the molecule is C=C(C)CC(NC(=C)NC)C(C)(C)C. The second-order valence-electron chi connectivity index (χ2n) is 4.95. The van der Waals surface area contributed by atoms with Gasteiger partial charge in [0.1, 0.15) is 0 Å². The molecule has 0 aliphatic carbocycles. The molecule has 0 aromatic heterocycles. The van der Waals surface area contributed by atoms with Gasteiger partial charge in [0.15, 0.2) is 0 Å². The van der Waals surface area contributed by atoms with Gasteiger partial charge in [-0.25, -0.2) is 0 Å². The Balaban J connectivity index is 4.41. The molecule has 0 rings (SSSR count). The van der Waals surface area contributed by atoms with Crippen molar-refractivity contribution in [3.63, 3.8) is 0 Å². The molecule has 82 valence electrons. The molecule has 0 aromatic carbocycles. The third-order valence-electron chi connectivity index (χ3n) is 2.25. The first-order chi connectivity index (χ1) is 6.27. The van der Waals surface area contributed by atoms with Crippen LogP contribution in [0.5, 0.6) is 0 Å². The van der Waals surface area contributed by atoms with Crippen LogP contribution < -0.4 is 10.6 Å². The van der Waals surface area contributed by atoms with Gasteiger partial charge in [0.05, 0.1) is 5.82 Å². The fourth-order valence-corrected chi connectivity index (χ4v) is 1.20. The monoisotopic (exact) mass is 196 g/mol. The summed E-state index contributed by atoms with van der Waals surface area (Å²) in [5, 5.41) is 6.38. The summed E-state index contributed by atoms with van der Waals surface area (Å²) in [5.41, 5.74) is 1.40. The summed E-state index contributed by atoms with van der Waals surface area (Å²) in [6, 6.07) is 0.375. The van der Waals surface area contributed by atoms with Gasteiger partial charge in [0.25, 0.3) is 0 Å². The third kappa shape index (κ3) is 4.95. The third-order valence-corrected chi connectivity index (χ3v) is 2.25. The average molecular weight is 196 g/mol. The molecule has 0 aromatic rings. The predicted molar refractivity (Wildman–Crippen MR) is 64.0 cm³/mol. The minimum atomic E-state index is 0.207. The summed E-state index contributed by atoms with van der Waals surface area (Å²) in [6.07, 6.45) is 0.976. The second-order valence-corrected chi connectivity index (χ2v) is 4.95. The van der Waals surface area contributed by atoms with Crippen molar-refractivity contribution < 1.29 is 0 Å². The summed E-state index contributed by atoms with van der Waals surface area (Å²) in [5.74, 6) is 0.867. The van der Waals surface area contributed by atoms with Crippen molar-refractivity contribution in [2.24, 2.45) is 5.41 Å². The van der Waals surface area contributed by atoms with Gasteiger partial charge in [0.2, 0.25) is 0 Å². The number of nitrogens with one attached hydrogen (secondary N) is 2. The van der Waals surface area contributed by atoms with Crippen LogP contribution in [0.4, 0.5) is 0 Å². The lowest BCUT2D eigenvalue weighted by Gasteiger charge is -2.33. The first kappa shape index (κ1) is 13.1. The molecule has 0 radical (unpaired) electrons. The Morgan fingerprint density at radius 1 is 1.29 bits per heavy atom. The van der Waals surface area contributed by atoms with E-state index >= 15 is 0 Å². The summed E-state index contributed by atoms with van der Waals surface area (Å²) >= 11 is 0. The molecule has 0 spiro atoms. The maximum absolute atomic E-state index is 3.95. The minimum Gasteiger partial charge on any atom is -0.375 e. The molecule has 2 N–H and O–H groups in total. The summed E-state index contributed by atoms with van der Waals surface area (Å²) in [7, 11) is 1.87. The first-order valence-electron chi connectivity index (χ1n) is 5.05. The van der Waals surface area contributed by atoms with Crippen LogP contribution in [-0.4, -0.2) is 13.1 Å². The van der Waals surface area contributed by atoms with Crippen molar-refractivity contribution in [1.29, 1.82) is 0 Å². The molecule has 1 unspecified atom stereocenters. The van der Waals surface area contributed by atoms with Gasteiger partial charge in [-0.05, 0) is 18.8 Å². The summed E-state index contributed by atoms with van der Waals surface area (Å²) in [6.45, 7) is 16.5.